The van der Waals surface area contributed by atoms with Gasteiger partial charge in [-0.25, -0.2) is 0 Å². The summed E-state index contributed by atoms with van der Waals surface area (Å²) < 4.78 is 10.5. The maximum absolute atomic E-state index is 12.4. The van der Waals surface area contributed by atoms with E-state index in [0.29, 0.717) is 41.4 Å². The van der Waals surface area contributed by atoms with Crippen molar-refractivity contribution in [1.82, 2.24) is 15.5 Å². The molecule has 2 aromatic carbocycles. The van der Waals surface area contributed by atoms with Crippen molar-refractivity contribution in [1.29, 1.82) is 0 Å². The Kier molecular flexibility index (Phi) is 6.07. The van der Waals surface area contributed by atoms with Gasteiger partial charge in [0.25, 0.3) is 5.91 Å². The zero-order valence-corrected chi connectivity index (χ0v) is 17.0. The second-order valence-electron chi connectivity index (χ2n) is 6.84. The van der Waals surface area contributed by atoms with E-state index in [2.05, 4.69) is 15.5 Å². The highest BCUT2D eigenvalue weighted by Gasteiger charge is 2.15. The molecule has 1 heterocycles. The van der Waals surface area contributed by atoms with Gasteiger partial charge >= 0.3 is 0 Å². The smallest absolute Gasteiger partial charge is 0.269 e. The normalized spacial score (nSPS) is 10.6. The van der Waals surface area contributed by atoms with Gasteiger partial charge in [0, 0.05) is 12.1 Å². The number of phenolic OH excluding ortho intramolecular Hbond substituents is 1. The van der Waals surface area contributed by atoms with Crippen LogP contribution >= 0.6 is 0 Å². The van der Waals surface area contributed by atoms with Crippen LogP contribution in [0.15, 0.2) is 36.4 Å². The zero-order chi connectivity index (χ0) is 21.0. The number of carbonyl (C=O) groups is 1. The topological polar surface area (TPSA) is 96.5 Å². The molecule has 0 saturated carbocycles. The molecule has 3 N–H and O–H groups in total. The van der Waals surface area contributed by atoms with Crippen LogP contribution in [-0.4, -0.2) is 42.0 Å². The maximum atomic E-state index is 12.4. The number of nitrogens with one attached hydrogen (secondary N) is 2. The van der Waals surface area contributed by atoms with Gasteiger partial charge in [-0.3, -0.25) is 9.89 Å². The van der Waals surface area contributed by atoms with Crippen molar-refractivity contribution in [3.05, 3.63) is 58.8 Å². The number of methoxy groups -OCH3 is 2. The monoisotopic (exact) mass is 395 g/mol. The molecule has 1 amide bonds. The summed E-state index contributed by atoms with van der Waals surface area (Å²) in [6, 6.07) is 11.0. The Hall–Kier alpha value is -3.48. The minimum Gasteiger partial charge on any atom is -0.507 e. The minimum atomic E-state index is -0.256. The van der Waals surface area contributed by atoms with E-state index >= 15 is 0 Å². The quantitative estimate of drug-likeness (QED) is 0.570. The number of phenols is 1. The molecule has 3 aromatic rings. The Morgan fingerprint density at radius 1 is 1.10 bits per heavy atom. The number of hydrogen-bond acceptors (Lipinski definition) is 5. The second-order valence-corrected chi connectivity index (χ2v) is 6.84. The van der Waals surface area contributed by atoms with Crippen molar-refractivity contribution in [3.63, 3.8) is 0 Å². The number of aromatic nitrogens is 2. The molecule has 29 heavy (non-hydrogen) atoms. The van der Waals surface area contributed by atoms with E-state index in [-0.39, 0.29) is 11.7 Å². The Morgan fingerprint density at radius 2 is 1.86 bits per heavy atom. The summed E-state index contributed by atoms with van der Waals surface area (Å²) in [5.41, 5.74) is 4.27. The third-order valence-electron chi connectivity index (χ3n) is 4.69. The number of H-pyrrole nitrogens is 1. The summed E-state index contributed by atoms with van der Waals surface area (Å²) in [5.74, 6) is 1.23. The average molecular weight is 395 g/mol. The molecule has 0 atom stereocenters. The molecule has 0 radical (unpaired) electrons. The summed E-state index contributed by atoms with van der Waals surface area (Å²) in [6.45, 7) is 4.24. The predicted octanol–water partition coefficient (Wildman–Crippen LogP) is 3.39. The third kappa shape index (κ3) is 4.51. The number of rotatable bonds is 7. The largest absolute Gasteiger partial charge is 0.507 e. The van der Waals surface area contributed by atoms with E-state index in [9.17, 15) is 9.90 Å². The van der Waals surface area contributed by atoms with Gasteiger partial charge in [-0.2, -0.15) is 5.10 Å². The van der Waals surface area contributed by atoms with Crippen molar-refractivity contribution in [2.75, 3.05) is 20.8 Å². The van der Waals surface area contributed by atoms with E-state index in [1.807, 2.05) is 44.2 Å². The third-order valence-corrected chi connectivity index (χ3v) is 4.69. The Bertz CT molecular complexity index is 1030. The van der Waals surface area contributed by atoms with Crippen LogP contribution in [0.1, 0.15) is 27.2 Å². The number of aromatic hydroxyl groups is 1. The van der Waals surface area contributed by atoms with Gasteiger partial charge in [-0.05, 0) is 61.2 Å². The van der Waals surface area contributed by atoms with Gasteiger partial charge in [0.05, 0.1) is 19.9 Å². The molecule has 0 aliphatic carbocycles. The van der Waals surface area contributed by atoms with Crippen LogP contribution < -0.4 is 14.8 Å². The summed E-state index contributed by atoms with van der Waals surface area (Å²) in [7, 11) is 3.18. The Labute approximate surface area is 169 Å². The van der Waals surface area contributed by atoms with Crippen LogP contribution in [0.2, 0.25) is 0 Å². The lowest BCUT2D eigenvalue weighted by Crippen LogP contribution is -2.26. The number of hydrogen-bond donors (Lipinski definition) is 3. The van der Waals surface area contributed by atoms with Crippen molar-refractivity contribution in [2.45, 2.75) is 20.3 Å². The highest BCUT2D eigenvalue weighted by Crippen LogP contribution is 2.32. The molecule has 1 aromatic heterocycles. The van der Waals surface area contributed by atoms with Crippen molar-refractivity contribution < 1.29 is 19.4 Å². The van der Waals surface area contributed by atoms with Gasteiger partial charge in [-0.15, -0.1) is 0 Å². The van der Waals surface area contributed by atoms with Crippen molar-refractivity contribution in [2.24, 2.45) is 0 Å². The molecular formula is C22H25N3O4. The molecule has 0 aliphatic rings. The fourth-order valence-electron chi connectivity index (χ4n) is 3.18. The first-order chi connectivity index (χ1) is 13.9. The van der Waals surface area contributed by atoms with E-state index in [4.69, 9.17) is 9.47 Å². The maximum Gasteiger partial charge on any atom is 0.269 e. The number of carbonyl (C=O) groups excluding carboxylic acids is 1. The van der Waals surface area contributed by atoms with E-state index in [1.165, 1.54) is 0 Å². The highest BCUT2D eigenvalue weighted by atomic mass is 16.5. The number of aromatic amines is 1. The zero-order valence-electron chi connectivity index (χ0n) is 17.0. The van der Waals surface area contributed by atoms with Crippen LogP contribution in [0.4, 0.5) is 0 Å². The van der Waals surface area contributed by atoms with E-state index in [1.54, 1.807) is 20.3 Å². The van der Waals surface area contributed by atoms with E-state index < -0.39 is 0 Å². The molecule has 3 rings (SSSR count). The molecule has 0 fully saturated rings. The lowest BCUT2D eigenvalue weighted by molar-refractivity contribution is 0.0949. The van der Waals surface area contributed by atoms with Crippen molar-refractivity contribution in [3.8, 4) is 28.5 Å². The molecule has 0 aliphatic heterocycles. The van der Waals surface area contributed by atoms with E-state index in [0.717, 1.165) is 16.7 Å². The number of ether oxygens (including phenoxy) is 2. The van der Waals surface area contributed by atoms with Gasteiger partial charge < -0.3 is 19.9 Å². The van der Waals surface area contributed by atoms with Gasteiger partial charge in [-0.1, -0.05) is 12.1 Å². The Balaban J connectivity index is 1.64. The molecule has 152 valence electrons. The van der Waals surface area contributed by atoms with Gasteiger partial charge in [0.15, 0.2) is 11.5 Å². The van der Waals surface area contributed by atoms with Crippen LogP contribution in [0, 0.1) is 13.8 Å². The molecular weight excluding hydrogens is 370 g/mol. The average Bonchev–Trinajstić information content (AvgIpc) is 3.20. The first-order valence-corrected chi connectivity index (χ1v) is 9.28. The van der Waals surface area contributed by atoms with Crippen LogP contribution in [0.25, 0.3) is 11.3 Å². The lowest BCUT2D eigenvalue weighted by atomic mass is 10.0. The van der Waals surface area contributed by atoms with Crippen LogP contribution in [0.3, 0.4) is 0 Å². The summed E-state index contributed by atoms with van der Waals surface area (Å²) in [5, 5.41) is 20.1. The number of amides is 1. The fraction of sp³-hybridized carbons (Fsp3) is 0.273. The van der Waals surface area contributed by atoms with Crippen LogP contribution in [0.5, 0.6) is 17.2 Å². The fourth-order valence-corrected chi connectivity index (χ4v) is 3.18. The summed E-state index contributed by atoms with van der Waals surface area (Å²) >= 11 is 0. The van der Waals surface area contributed by atoms with Crippen LogP contribution in [-0.2, 0) is 6.42 Å². The first kappa shape index (κ1) is 20.3. The predicted molar refractivity (Wildman–Crippen MR) is 111 cm³/mol. The van der Waals surface area contributed by atoms with Crippen molar-refractivity contribution >= 4 is 5.91 Å². The Morgan fingerprint density at radius 3 is 2.59 bits per heavy atom. The first-order valence-electron chi connectivity index (χ1n) is 9.28. The molecule has 7 heteroatoms. The molecule has 0 bridgehead atoms. The number of benzene rings is 2. The lowest BCUT2D eigenvalue weighted by Gasteiger charge is -2.10. The molecule has 7 nitrogen and oxygen atoms in total. The highest BCUT2D eigenvalue weighted by molar-refractivity contribution is 5.93. The summed E-state index contributed by atoms with van der Waals surface area (Å²) in [6.07, 6.45) is 0.644. The molecule has 0 saturated heterocycles. The minimum absolute atomic E-state index is 0.169. The van der Waals surface area contributed by atoms with Gasteiger partial charge in [0.2, 0.25) is 0 Å². The molecule has 0 unspecified atom stereocenters. The van der Waals surface area contributed by atoms with Gasteiger partial charge in [0.1, 0.15) is 11.4 Å². The number of nitrogens with zero attached hydrogens (tertiary/aromatic N) is 1. The molecule has 0 spiro atoms. The summed E-state index contributed by atoms with van der Waals surface area (Å²) in [4.78, 5) is 12.4. The SMILES string of the molecule is COc1ccc(CCNC(=O)c2cc(-c3cc(C)cc(C)c3O)n[nH]2)cc1OC. The number of aryl methyl sites for hydroxylation is 2. The second kappa shape index (κ2) is 8.68. The standard InChI is InChI=1S/C22H25N3O4/c1-13-9-14(2)21(26)16(10-13)17-12-18(25-24-17)22(27)23-8-7-15-5-6-19(28-3)20(11-15)29-4/h5-6,9-12,26H,7-8H2,1-4H3,(H,23,27)(H,24,25).